The second kappa shape index (κ2) is 4.76. The van der Waals surface area contributed by atoms with E-state index < -0.39 is 10.1 Å². The van der Waals surface area contributed by atoms with Gasteiger partial charge in [0.1, 0.15) is 0 Å². The second-order valence-corrected chi connectivity index (χ2v) is 2.53. The molecule has 1 N–H and O–H groups in total. The van der Waals surface area contributed by atoms with Crippen LogP contribution in [0.25, 0.3) is 0 Å². The molecule has 46 valence electrons. The molecule has 0 bridgehead atoms. The molecular formula is C3H8CaO3S. The molecule has 0 aliphatic heterocycles. The Balaban J connectivity index is 0. The molecule has 3 nitrogen and oxygen atoms in total. The van der Waals surface area contributed by atoms with E-state index in [4.69, 9.17) is 4.55 Å². The van der Waals surface area contributed by atoms with E-state index >= 15 is 0 Å². The first kappa shape index (κ1) is 11.7. The molecule has 0 aliphatic carbocycles. The van der Waals surface area contributed by atoms with Gasteiger partial charge in [-0.15, -0.1) is 6.58 Å². The van der Waals surface area contributed by atoms with Gasteiger partial charge in [-0.2, -0.15) is 8.42 Å². The summed E-state index contributed by atoms with van der Waals surface area (Å²) in [6.45, 7) is 3.11. The van der Waals surface area contributed by atoms with Gasteiger partial charge >= 0.3 is 37.7 Å². The Labute approximate surface area is 78.5 Å². The minimum atomic E-state index is -3.79. The Kier molecular flexibility index (Phi) is 6.94. The van der Waals surface area contributed by atoms with Crippen molar-refractivity contribution in [3.63, 3.8) is 0 Å². The van der Waals surface area contributed by atoms with E-state index in [1.807, 2.05) is 0 Å². The number of rotatable bonds is 2. The van der Waals surface area contributed by atoms with Gasteiger partial charge in [-0.05, 0) is 0 Å². The van der Waals surface area contributed by atoms with Gasteiger partial charge in [-0.25, -0.2) is 0 Å². The summed E-state index contributed by atoms with van der Waals surface area (Å²) in [5.41, 5.74) is 0. The summed E-state index contributed by atoms with van der Waals surface area (Å²) in [4.78, 5) is 0. The molecule has 0 rings (SSSR count). The Hall–Kier alpha value is 0.910. The van der Waals surface area contributed by atoms with Gasteiger partial charge in [0.15, 0.2) is 0 Å². The van der Waals surface area contributed by atoms with Crippen molar-refractivity contribution in [2.75, 3.05) is 5.75 Å². The number of hydrogen-bond acceptors (Lipinski definition) is 2. The molecule has 0 amide bonds. The average molecular weight is 164 g/mol. The van der Waals surface area contributed by atoms with E-state index in [9.17, 15) is 8.42 Å². The maximum atomic E-state index is 9.72. The summed E-state index contributed by atoms with van der Waals surface area (Å²) in [5.74, 6) is -0.368. The molecule has 0 heterocycles. The molecule has 0 aliphatic rings. The van der Waals surface area contributed by atoms with Gasteiger partial charge < -0.3 is 0 Å². The van der Waals surface area contributed by atoms with Crippen LogP contribution in [0.5, 0.6) is 0 Å². The fraction of sp³-hybridized carbons (Fsp3) is 0.333. The van der Waals surface area contributed by atoms with Crippen molar-refractivity contribution in [2.45, 2.75) is 0 Å². The van der Waals surface area contributed by atoms with E-state index in [0.29, 0.717) is 0 Å². The summed E-state index contributed by atoms with van der Waals surface area (Å²) >= 11 is 0. The van der Waals surface area contributed by atoms with Crippen molar-refractivity contribution in [1.29, 1.82) is 0 Å². The fourth-order valence-corrected chi connectivity index (χ4v) is 0.447. The molecule has 0 spiro atoms. The van der Waals surface area contributed by atoms with Crippen molar-refractivity contribution < 1.29 is 13.0 Å². The molecular weight excluding hydrogens is 156 g/mol. The van der Waals surface area contributed by atoms with Crippen LogP contribution in [0.4, 0.5) is 0 Å². The SMILES string of the molecule is C=CCS(=O)(=O)O.[CaH2]. The quantitative estimate of drug-likeness (QED) is 0.328. The van der Waals surface area contributed by atoms with Gasteiger partial charge in [0.05, 0.1) is 5.75 Å². The Morgan fingerprint density at radius 2 is 2.00 bits per heavy atom. The molecule has 0 aromatic heterocycles. The van der Waals surface area contributed by atoms with Crippen LogP contribution in [-0.2, 0) is 10.1 Å². The van der Waals surface area contributed by atoms with Crippen molar-refractivity contribution in [3.8, 4) is 0 Å². The van der Waals surface area contributed by atoms with Crippen LogP contribution in [0.1, 0.15) is 0 Å². The van der Waals surface area contributed by atoms with E-state index in [0.717, 1.165) is 6.08 Å². The minimum absolute atomic E-state index is 0. The van der Waals surface area contributed by atoms with Crippen molar-refractivity contribution >= 4 is 47.9 Å². The third kappa shape index (κ3) is 10.0. The molecule has 0 aromatic carbocycles. The zero-order chi connectivity index (χ0) is 5.91. The van der Waals surface area contributed by atoms with Crippen LogP contribution in [0, 0.1) is 0 Å². The molecule has 0 aromatic rings. The first-order chi connectivity index (χ1) is 3.06. The van der Waals surface area contributed by atoms with Crippen LogP contribution in [0.2, 0.25) is 0 Å². The van der Waals surface area contributed by atoms with Crippen molar-refractivity contribution in [2.24, 2.45) is 0 Å². The molecule has 0 saturated heterocycles. The van der Waals surface area contributed by atoms with Gasteiger partial charge in [0.25, 0.3) is 10.1 Å². The zero-order valence-corrected chi connectivity index (χ0v) is 4.48. The summed E-state index contributed by atoms with van der Waals surface area (Å²) in [5, 5.41) is 0. The summed E-state index contributed by atoms with van der Waals surface area (Å²) < 4.78 is 27.3. The monoisotopic (exact) mass is 164 g/mol. The average Bonchev–Trinajstić information content (AvgIpc) is 1.30. The topological polar surface area (TPSA) is 54.4 Å². The predicted octanol–water partition coefficient (Wildman–Crippen LogP) is -0.856. The van der Waals surface area contributed by atoms with Crippen LogP contribution in [-0.4, -0.2) is 56.5 Å². The standard InChI is InChI=1S/C3H6O3S.Ca.2H/c1-2-3-7(4,5)6;;;/h2H,1,3H2,(H,4,5,6);;;. The predicted molar refractivity (Wildman–Crippen MR) is 35.2 cm³/mol. The Bertz CT molecular complexity index is 148. The molecule has 0 saturated carbocycles. The molecule has 0 unspecified atom stereocenters. The molecule has 5 heteroatoms. The van der Waals surface area contributed by atoms with E-state index in [-0.39, 0.29) is 43.5 Å². The first-order valence-corrected chi connectivity index (χ1v) is 3.23. The Morgan fingerprint density at radius 3 is 2.00 bits per heavy atom. The fourth-order valence-electron chi connectivity index (χ4n) is 0.149. The van der Waals surface area contributed by atoms with Crippen LogP contribution >= 0.6 is 0 Å². The number of hydrogen-bond donors (Lipinski definition) is 1. The third-order valence-electron chi connectivity index (χ3n) is 0.328. The normalized spacial score (nSPS) is 9.62. The molecule has 0 fully saturated rings. The van der Waals surface area contributed by atoms with Crippen LogP contribution < -0.4 is 0 Å². The van der Waals surface area contributed by atoms with Crippen molar-refractivity contribution in [3.05, 3.63) is 12.7 Å². The molecule has 0 atom stereocenters. The third-order valence-corrected chi connectivity index (χ3v) is 0.985. The van der Waals surface area contributed by atoms with Gasteiger partial charge in [0.2, 0.25) is 0 Å². The summed E-state index contributed by atoms with van der Waals surface area (Å²) in [7, 11) is -3.79. The van der Waals surface area contributed by atoms with Gasteiger partial charge in [-0.1, -0.05) is 6.08 Å². The van der Waals surface area contributed by atoms with Gasteiger partial charge in [-0.3, -0.25) is 4.55 Å². The zero-order valence-electron chi connectivity index (χ0n) is 3.66. The van der Waals surface area contributed by atoms with Gasteiger partial charge in [0, 0.05) is 0 Å². The first-order valence-electron chi connectivity index (χ1n) is 1.62. The second-order valence-electron chi connectivity index (χ2n) is 1.04. The van der Waals surface area contributed by atoms with Crippen LogP contribution in [0.3, 0.4) is 0 Å². The van der Waals surface area contributed by atoms with E-state index in [1.165, 1.54) is 0 Å². The summed E-state index contributed by atoms with van der Waals surface area (Å²) in [6.07, 6.45) is 1.12. The Morgan fingerprint density at radius 1 is 1.62 bits per heavy atom. The molecule has 0 radical (unpaired) electrons. The van der Waals surface area contributed by atoms with E-state index in [1.54, 1.807) is 0 Å². The summed E-state index contributed by atoms with van der Waals surface area (Å²) in [6, 6.07) is 0. The van der Waals surface area contributed by atoms with Crippen LogP contribution in [0.15, 0.2) is 12.7 Å². The van der Waals surface area contributed by atoms with E-state index in [2.05, 4.69) is 6.58 Å². The van der Waals surface area contributed by atoms with Crippen molar-refractivity contribution in [1.82, 2.24) is 0 Å². The maximum absolute atomic E-state index is 9.72. The molecule has 8 heavy (non-hydrogen) atoms.